The van der Waals surface area contributed by atoms with Crippen molar-refractivity contribution in [2.24, 2.45) is 17.3 Å². The number of rotatable bonds is 4. The van der Waals surface area contributed by atoms with E-state index in [-0.39, 0.29) is 17.3 Å². The van der Waals surface area contributed by atoms with E-state index in [2.05, 4.69) is 15.5 Å². The Morgan fingerprint density at radius 2 is 1.64 bits per heavy atom. The molecule has 3 aromatic rings. The molecule has 0 aliphatic rings. The number of nitrogens with zero attached hydrogens (tertiary/aromatic N) is 3. The summed E-state index contributed by atoms with van der Waals surface area (Å²) in [6.07, 6.45) is 0. The number of carbonyl (C=O) groups is 2. The molecule has 7 heteroatoms. The van der Waals surface area contributed by atoms with Crippen molar-refractivity contribution in [2.75, 3.05) is 0 Å². The van der Waals surface area contributed by atoms with Gasteiger partial charge in [-0.3, -0.25) is 9.59 Å². The van der Waals surface area contributed by atoms with Crippen molar-refractivity contribution in [1.82, 2.24) is 9.88 Å². The summed E-state index contributed by atoms with van der Waals surface area (Å²) < 4.78 is 1.56. The highest BCUT2D eigenvalue weighted by atomic mass is 16.3. The molecule has 3 rings (SSSR count). The summed E-state index contributed by atoms with van der Waals surface area (Å²) in [5.41, 5.74) is 2.04. The van der Waals surface area contributed by atoms with Crippen LogP contribution >= 0.6 is 0 Å². The minimum atomic E-state index is -0.698. The first-order valence-corrected chi connectivity index (χ1v) is 8.66. The van der Waals surface area contributed by atoms with Crippen LogP contribution in [0.25, 0.3) is 10.9 Å². The van der Waals surface area contributed by atoms with Gasteiger partial charge in [-0.05, 0) is 37.6 Å². The lowest BCUT2D eigenvalue weighted by molar-refractivity contribution is -0.115. The monoisotopic (exact) mass is 376 g/mol. The number of azo groups is 1. The minimum Gasteiger partial charge on any atom is -0.493 e. The highest BCUT2D eigenvalue weighted by Crippen LogP contribution is 2.37. The van der Waals surface area contributed by atoms with Gasteiger partial charge in [-0.1, -0.05) is 36.4 Å². The number of para-hydroxylation sites is 1. The van der Waals surface area contributed by atoms with Gasteiger partial charge in [-0.2, -0.15) is 0 Å². The fourth-order valence-corrected chi connectivity index (χ4v) is 2.77. The van der Waals surface area contributed by atoms with E-state index in [1.807, 2.05) is 18.2 Å². The third-order valence-corrected chi connectivity index (χ3v) is 4.28. The van der Waals surface area contributed by atoms with Crippen molar-refractivity contribution in [3.8, 4) is 5.88 Å². The molecule has 0 saturated carbocycles. The maximum absolute atomic E-state index is 12.6. The zero-order chi connectivity index (χ0) is 20.3. The Balaban J connectivity index is 1.87. The summed E-state index contributed by atoms with van der Waals surface area (Å²) in [6, 6.07) is 15.8. The number of hydrogen-bond donors (Lipinski definition) is 2. The Bertz CT molecular complexity index is 1110. The van der Waals surface area contributed by atoms with E-state index in [0.717, 1.165) is 5.52 Å². The standard InChI is InChI=1S/C21H20N4O3/c1-13(2)17(22-19(26)14-9-5-4-6-10-14)20(27)24-23-18-15-11-7-8-12-16(15)25(3)21(18)28/h4-12,28H,1-3H3,(H,22,26). The topological polar surface area (TPSA) is 96.1 Å². The van der Waals surface area contributed by atoms with Crippen LogP contribution in [0.2, 0.25) is 0 Å². The maximum Gasteiger partial charge on any atom is 0.311 e. The summed E-state index contributed by atoms with van der Waals surface area (Å²) >= 11 is 0. The molecule has 0 saturated heterocycles. The molecule has 1 aromatic heterocycles. The van der Waals surface area contributed by atoms with Gasteiger partial charge in [0.15, 0.2) is 5.69 Å². The summed E-state index contributed by atoms with van der Waals surface area (Å²) in [4.78, 5) is 24.9. The van der Waals surface area contributed by atoms with E-state index < -0.39 is 11.8 Å². The second-order valence-corrected chi connectivity index (χ2v) is 6.45. The van der Waals surface area contributed by atoms with Crippen molar-refractivity contribution in [3.05, 3.63) is 71.4 Å². The second kappa shape index (κ2) is 7.87. The summed E-state index contributed by atoms with van der Waals surface area (Å²) in [7, 11) is 1.69. The minimum absolute atomic E-state index is 0.0531. The van der Waals surface area contributed by atoms with Crippen molar-refractivity contribution in [3.63, 3.8) is 0 Å². The molecule has 142 valence electrons. The molecule has 0 aliphatic carbocycles. The van der Waals surface area contributed by atoms with Crippen LogP contribution in [0.4, 0.5) is 5.69 Å². The predicted octanol–water partition coefficient (Wildman–Crippen LogP) is 4.22. The number of allylic oxidation sites excluding steroid dienone is 1. The fraction of sp³-hybridized carbons (Fsp3) is 0.143. The van der Waals surface area contributed by atoms with Crippen LogP contribution in [-0.4, -0.2) is 21.5 Å². The van der Waals surface area contributed by atoms with Crippen LogP contribution in [0, 0.1) is 0 Å². The van der Waals surface area contributed by atoms with E-state index in [1.54, 1.807) is 61.9 Å². The maximum atomic E-state index is 12.6. The molecule has 0 radical (unpaired) electrons. The van der Waals surface area contributed by atoms with Crippen molar-refractivity contribution >= 4 is 28.4 Å². The molecule has 0 bridgehead atoms. The molecule has 2 amide bonds. The van der Waals surface area contributed by atoms with Gasteiger partial charge in [0, 0.05) is 18.0 Å². The van der Waals surface area contributed by atoms with Gasteiger partial charge < -0.3 is 15.0 Å². The van der Waals surface area contributed by atoms with Crippen LogP contribution in [0.1, 0.15) is 24.2 Å². The van der Waals surface area contributed by atoms with E-state index in [1.165, 1.54) is 0 Å². The largest absolute Gasteiger partial charge is 0.493 e. The van der Waals surface area contributed by atoms with E-state index >= 15 is 0 Å². The molecule has 2 aromatic carbocycles. The number of benzene rings is 2. The third kappa shape index (κ3) is 3.68. The van der Waals surface area contributed by atoms with Gasteiger partial charge in [0.05, 0.1) is 5.52 Å². The lowest BCUT2D eigenvalue weighted by atomic mass is 10.2. The normalized spacial score (nSPS) is 11.0. The predicted molar refractivity (Wildman–Crippen MR) is 106 cm³/mol. The van der Waals surface area contributed by atoms with Gasteiger partial charge in [-0.25, -0.2) is 0 Å². The first kappa shape index (κ1) is 19.0. The number of carbonyl (C=O) groups excluding carboxylic acids is 2. The highest BCUT2D eigenvalue weighted by Gasteiger charge is 2.17. The Hall–Kier alpha value is -3.74. The van der Waals surface area contributed by atoms with Crippen molar-refractivity contribution in [2.45, 2.75) is 13.8 Å². The van der Waals surface area contributed by atoms with Crippen LogP contribution in [-0.2, 0) is 11.8 Å². The number of aryl methyl sites for hydroxylation is 1. The second-order valence-electron chi connectivity index (χ2n) is 6.45. The van der Waals surface area contributed by atoms with Gasteiger partial charge in [-0.15, -0.1) is 10.2 Å². The van der Waals surface area contributed by atoms with Crippen LogP contribution in [0.3, 0.4) is 0 Å². The van der Waals surface area contributed by atoms with E-state index in [0.29, 0.717) is 16.5 Å². The molecule has 0 aliphatic heterocycles. The molecule has 1 heterocycles. The fourth-order valence-electron chi connectivity index (χ4n) is 2.77. The molecule has 2 N–H and O–H groups in total. The number of amides is 2. The van der Waals surface area contributed by atoms with Crippen molar-refractivity contribution in [1.29, 1.82) is 0 Å². The number of aromatic nitrogens is 1. The van der Waals surface area contributed by atoms with Crippen LogP contribution < -0.4 is 5.32 Å². The first-order valence-electron chi connectivity index (χ1n) is 8.66. The molecular formula is C21H20N4O3. The lowest BCUT2D eigenvalue weighted by Gasteiger charge is -2.08. The first-order chi connectivity index (χ1) is 13.4. The number of fused-ring (bicyclic) bond motifs is 1. The summed E-state index contributed by atoms with van der Waals surface area (Å²) in [5, 5.41) is 21.2. The average Bonchev–Trinajstić information content (AvgIpc) is 2.95. The number of hydrogen-bond acceptors (Lipinski definition) is 4. The molecule has 0 fully saturated rings. The van der Waals surface area contributed by atoms with Crippen LogP contribution in [0.5, 0.6) is 5.88 Å². The molecule has 28 heavy (non-hydrogen) atoms. The zero-order valence-electron chi connectivity index (χ0n) is 15.8. The van der Waals surface area contributed by atoms with E-state index in [9.17, 15) is 14.7 Å². The molecule has 0 spiro atoms. The SMILES string of the molecule is CC(C)=C(NC(=O)c1ccccc1)C(=O)N=Nc1c(O)n(C)c2ccccc12. The summed E-state index contributed by atoms with van der Waals surface area (Å²) in [6.45, 7) is 3.40. The molecule has 0 unspecified atom stereocenters. The van der Waals surface area contributed by atoms with Crippen molar-refractivity contribution < 1.29 is 14.7 Å². The van der Waals surface area contributed by atoms with Gasteiger partial charge in [0.2, 0.25) is 5.88 Å². The van der Waals surface area contributed by atoms with Gasteiger partial charge in [0.25, 0.3) is 5.91 Å². The van der Waals surface area contributed by atoms with Crippen LogP contribution in [0.15, 0.2) is 76.1 Å². The lowest BCUT2D eigenvalue weighted by Crippen LogP contribution is -2.27. The Morgan fingerprint density at radius 3 is 2.32 bits per heavy atom. The highest BCUT2D eigenvalue weighted by molar-refractivity contribution is 6.03. The van der Waals surface area contributed by atoms with E-state index in [4.69, 9.17) is 0 Å². The molecule has 0 atom stereocenters. The summed E-state index contributed by atoms with van der Waals surface area (Å²) in [5.74, 6) is -1.20. The quantitative estimate of drug-likeness (QED) is 0.527. The number of aromatic hydroxyl groups is 1. The Kier molecular flexibility index (Phi) is 5.35. The Morgan fingerprint density at radius 1 is 1.00 bits per heavy atom. The Labute approximate surface area is 162 Å². The molecular weight excluding hydrogens is 356 g/mol. The van der Waals surface area contributed by atoms with Gasteiger partial charge in [0.1, 0.15) is 5.70 Å². The third-order valence-electron chi connectivity index (χ3n) is 4.28. The molecule has 7 nitrogen and oxygen atoms in total. The average molecular weight is 376 g/mol. The zero-order valence-corrected chi connectivity index (χ0v) is 15.8. The number of nitrogens with one attached hydrogen (secondary N) is 1. The smallest absolute Gasteiger partial charge is 0.311 e. The van der Waals surface area contributed by atoms with Gasteiger partial charge >= 0.3 is 5.91 Å².